The Morgan fingerprint density at radius 3 is 2.57 bits per heavy atom. The van der Waals surface area contributed by atoms with Crippen LogP contribution in [0.15, 0.2) is 31.0 Å². The Labute approximate surface area is 213 Å². The van der Waals surface area contributed by atoms with Gasteiger partial charge in [0.1, 0.15) is 6.33 Å². The molecule has 1 unspecified atom stereocenters. The Bertz CT molecular complexity index is 1120. The first-order valence-corrected chi connectivity index (χ1v) is 12.7. The average Bonchev–Trinajstić information content (AvgIpc) is 3.33. The molecule has 2 aromatic rings. The lowest BCUT2D eigenvalue weighted by molar-refractivity contribution is -0.146. The molecule has 5 rings (SSSR count). The van der Waals surface area contributed by atoms with E-state index in [1.165, 1.54) is 6.33 Å². The van der Waals surface area contributed by atoms with E-state index >= 15 is 0 Å². The summed E-state index contributed by atoms with van der Waals surface area (Å²) >= 11 is 0. The molecular formula is C26H32F3N5O3. The molecule has 1 amide bonds. The number of likely N-dealkylation sites (tertiary alicyclic amines) is 1. The van der Waals surface area contributed by atoms with Gasteiger partial charge >= 0.3 is 6.18 Å². The first-order chi connectivity index (χ1) is 17.6. The van der Waals surface area contributed by atoms with Gasteiger partial charge in [0.05, 0.1) is 23.2 Å². The molecule has 4 heterocycles. The largest absolute Gasteiger partial charge is 0.417 e. The number of alkyl halides is 3. The number of methoxy groups -OCH3 is 1. The number of halogens is 3. The lowest BCUT2D eigenvalue weighted by Crippen LogP contribution is -2.50. The number of pyridine rings is 1. The van der Waals surface area contributed by atoms with E-state index < -0.39 is 22.8 Å². The Kier molecular flexibility index (Phi) is 6.97. The summed E-state index contributed by atoms with van der Waals surface area (Å²) < 4.78 is 45.2. The number of aliphatic hydroxyl groups is 1. The van der Waals surface area contributed by atoms with E-state index in [0.29, 0.717) is 50.0 Å². The first kappa shape index (κ1) is 26.0. The Balaban J connectivity index is 1.27. The highest BCUT2D eigenvalue weighted by atomic mass is 19.4. The molecule has 0 spiro atoms. The number of carbonyl (C=O) groups is 1. The molecule has 2 fully saturated rings. The fraction of sp³-hybridized carbons (Fsp3) is 0.615. The molecule has 3 aliphatic rings. The maximum Gasteiger partial charge on any atom is 0.417 e. The molecular weight excluding hydrogens is 487 g/mol. The first-order valence-electron chi connectivity index (χ1n) is 12.7. The highest BCUT2D eigenvalue weighted by Gasteiger charge is 2.49. The summed E-state index contributed by atoms with van der Waals surface area (Å²) in [6.45, 7) is 2.06. The monoisotopic (exact) mass is 519 g/mol. The SMILES string of the molecule is COCC1(C(=O)N2CCc3ncc(C(F)(F)F)cc3C2)CCN(C2CCC(O)(c3cncnc3)CC2)C1. The predicted octanol–water partition coefficient (Wildman–Crippen LogP) is 2.94. The Hall–Kier alpha value is -2.63. The average molecular weight is 520 g/mol. The van der Waals surface area contributed by atoms with E-state index in [1.807, 2.05) is 0 Å². The Morgan fingerprint density at radius 1 is 1.16 bits per heavy atom. The van der Waals surface area contributed by atoms with Crippen molar-refractivity contribution in [3.8, 4) is 0 Å². The van der Waals surface area contributed by atoms with Gasteiger partial charge in [-0.05, 0) is 50.3 Å². The van der Waals surface area contributed by atoms with Gasteiger partial charge in [0.25, 0.3) is 0 Å². The summed E-state index contributed by atoms with van der Waals surface area (Å²) in [7, 11) is 1.57. The van der Waals surface area contributed by atoms with Crippen molar-refractivity contribution in [2.24, 2.45) is 5.41 Å². The molecule has 1 saturated carbocycles. The number of hydrogen-bond acceptors (Lipinski definition) is 7. The number of fused-ring (bicyclic) bond motifs is 1. The van der Waals surface area contributed by atoms with Crippen LogP contribution in [0.1, 0.15) is 54.5 Å². The van der Waals surface area contributed by atoms with Gasteiger partial charge in [-0.3, -0.25) is 14.7 Å². The van der Waals surface area contributed by atoms with Crippen molar-refractivity contribution in [2.45, 2.75) is 62.9 Å². The van der Waals surface area contributed by atoms with Crippen LogP contribution in [0.25, 0.3) is 0 Å². The summed E-state index contributed by atoms with van der Waals surface area (Å²) in [6.07, 6.45) is 4.96. The van der Waals surface area contributed by atoms with Crippen LogP contribution in [0.5, 0.6) is 0 Å². The normalized spacial score (nSPS) is 28.8. The molecule has 1 aliphatic carbocycles. The van der Waals surface area contributed by atoms with Crippen LogP contribution in [-0.4, -0.2) is 75.2 Å². The van der Waals surface area contributed by atoms with Crippen LogP contribution in [0.3, 0.4) is 0 Å². The fourth-order valence-electron chi connectivity index (χ4n) is 6.21. The van der Waals surface area contributed by atoms with Gasteiger partial charge < -0.3 is 14.7 Å². The van der Waals surface area contributed by atoms with Crippen LogP contribution < -0.4 is 0 Å². The quantitative estimate of drug-likeness (QED) is 0.650. The molecule has 200 valence electrons. The minimum absolute atomic E-state index is 0.0753. The van der Waals surface area contributed by atoms with Crippen LogP contribution in [-0.2, 0) is 34.3 Å². The lowest BCUT2D eigenvalue weighted by Gasteiger charge is -2.41. The van der Waals surface area contributed by atoms with Crippen LogP contribution in [0.2, 0.25) is 0 Å². The van der Waals surface area contributed by atoms with Crippen molar-refractivity contribution in [3.63, 3.8) is 0 Å². The van der Waals surface area contributed by atoms with Crippen LogP contribution in [0.4, 0.5) is 13.2 Å². The summed E-state index contributed by atoms with van der Waals surface area (Å²) in [4.78, 5) is 29.9. The molecule has 37 heavy (non-hydrogen) atoms. The van der Waals surface area contributed by atoms with Crippen molar-refractivity contribution < 1.29 is 27.8 Å². The smallest absolute Gasteiger partial charge is 0.385 e. The van der Waals surface area contributed by atoms with E-state index in [4.69, 9.17) is 4.74 Å². The van der Waals surface area contributed by atoms with Gasteiger partial charge in [-0.1, -0.05) is 0 Å². The second kappa shape index (κ2) is 9.92. The lowest BCUT2D eigenvalue weighted by atomic mass is 9.78. The van der Waals surface area contributed by atoms with E-state index in [-0.39, 0.29) is 25.1 Å². The van der Waals surface area contributed by atoms with E-state index in [1.54, 1.807) is 24.4 Å². The standard InChI is InChI=1S/C26H32F3N5O3/c1-37-16-24(23(35)33-8-4-22-18(14-33)10-19(13-32-22)26(27,28)29)7-9-34(15-24)21-2-5-25(36,6-3-21)20-11-30-17-31-12-20/h10-13,17,21,36H,2-9,14-16H2,1H3. The third-order valence-corrected chi connectivity index (χ3v) is 8.31. The number of nitrogens with zero attached hydrogens (tertiary/aromatic N) is 5. The number of hydrogen-bond donors (Lipinski definition) is 1. The van der Waals surface area contributed by atoms with E-state index in [2.05, 4.69) is 19.9 Å². The number of rotatable bonds is 5. The van der Waals surface area contributed by atoms with Gasteiger partial charge in [-0.25, -0.2) is 9.97 Å². The third kappa shape index (κ3) is 5.08. The second-order valence-corrected chi connectivity index (χ2v) is 10.6. The predicted molar refractivity (Wildman–Crippen MR) is 127 cm³/mol. The number of carbonyl (C=O) groups excluding carboxylic acids is 1. The molecule has 0 radical (unpaired) electrons. The molecule has 11 heteroatoms. The van der Waals surface area contributed by atoms with Gasteiger partial charge in [0.2, 0.25) is 5.91 Å². The van der Waals surface area contributed by atoms with E-state index in [9.17, 15) is 23.1 Å². The summed E-state index contributed by atoms with van der Waals surface area (Å²) in [5.74, 6) is -0.0753. The zero-order valence-corrected chi connectivity index (χ0v) is 20.9. The minimum atomic E-state index is -4.47. The van der Waals surface area contributed by atoms with Crippen molar-refractivity contribution in [3.05, 3.63) is 53.4 Å². The van der Waals surface area contributed by atoms with Crippen molar-refractivity contribution >= 4 is 5.91 Å². The molecule has 2 aromatic heterocycles. The molecule has 1 saturated heterocycles. The highest BCUT2D eigenvalue weighted by Crippen LogP contribution is 2.42. The summed E-state index contributed by atoms with van der Waals surface area (Å²) in [5, 5.41) is 11.1. The van der Waals surface area contributed by atoms with Gasteiger partial charge in [-0.2, -0.15) is 13.2 Å². The highest BCUT2D eigenvalue weighted by molar-refractivity contribution is 5.84. The Morgan fingerprint density at radius 2 is 1.89 bits per heavy atom. The maximum absolute atomic E-state index is 13.8. The molecule has 8 nitrogen and oxygen atoms in total. The van der Waals surface area contributed by atoms with Gasteiger partial charge in [0.15, 0.2) is 0 Å². The van der Waals surface area contributed by atoms with Gasteiger partial charge in [-0.15, -0.1) is 0 Å². The minimum Gasteiger partial charge on any atom is -0.385 e. The van der Waals surface area contributed by atoms with E-state index in [0.717, 1.165) is 37.2 Å². The topological polar surface area (TPSA) is 91.7 Å². The van der Waals surface area contributed by atoms with Crippen LogP contribution >= 0.6 is 0 Å². The van der Waals surface area contributed by atoms with Crippen molar-refractivity contribution in [1.82, 2.24) is 24.8 Å². The number of ether oxygens (including phenoxy) is 1. The zero-order chi connectivity index (χ0) is 26.3. The third-order valence-electron chi connectivity index (χ3n) is 8.31. The molecule has 0 bridgehead atoms. The van der Waals surface area contributed by atoms with Gasteiger partial charge in [0, 0.05) is 69.1 Å². The molecule has 0 aromatic carbocycles. The summed E-state index contributed by atoms with van der Waals surface area (Å²) in [5.41, 5.74) is -0.687. The molecule has 1 atom stereocenters. The van der Waals surface area contributed by atoms with Crippen LogP contribution in [0, 0.1) is 5.41 Å². The zero-order valence-electron chi connectivity index (χ0n) is 20.9. The second-order valence-electron chi connectivity index (χ2n) is 10.6. The van der Waals surface area contributed by atoms with Crippen molar-refractivity contribution in [1.29, 1.82) is 0 Å². The molecule has 1 N–H and O–H groups in total. The van der Waals surface area contributed by atoms with Crippen molar-refractivity contribution in [2.75, 3.05) is 33.4 Å². The fourth-order valence-corrected chi connectivity index (χ4v) is 6.21. The maximum atomic E-state index is 13.8. The molecule has 2 aliphatic heterocycles. The summed E-state index contributed by atoms with van der Waals surface area (Å²) in [6, 6.07) is 1.35. The number of aromatic nitrogens is 3. The number of amides is 1.